The van der Waals surface area contributed by atoms with E-state index >= 15 is 0 Å². The zero-order valence-corrected chi connectivity index (χ0v) is 6.50. The smallest absolute Gasteiger partial charge is 0.337 e. The van der Waals surface area contributed by atoms with Crippen molar-refractivity contribution >= 4 is 5.97 Å². The summed E-state index contributed by atoms with van der Waals surface area (Å²) in [5.74, 6) is -1.60. The zero-order chi connectivity index (χ0) is 9.94. The number of rotatable bonds is 4. The molecular formula is C6H11F2NO3. The molecule has 0 amide bonds. The number of alkyl halides is 2. The summed E-state index contributed by atoms with van der Waals surface area (Å²) in [6.45, 7) is 0.891. The summed E-state index contributed by atoms with van der Waals surface area (Å²) in [7, 11) is 0. The molecule has 72 valence electrons. The van der Waals surface area contributed by atoms with Crippen LogP contribution in [0.2, 0.25) is 0 Å². The predicted molar refractivity (Wildman–Crippen MR) is 36.9 cm³/mol. The average molecular weight is 183 g/mol. The highest BCUT2D eigenvalue weighted by molar-refractivity contribution is 5.77. The van der Waals surface area contributed by atoms with E-state index in [0.29, 0.717) is 0 Å². The first-order valence-corrected chi connectivity index (χ1v) is 3.28. The fourth-order valence-electron chi connectivity index (χ4n) is 0.580. The van der Waals surface area contributed by atoms with Crippen LogP contribution in [0.5, 0.6) is 0 Å². The van der Waals surface area contributed by atoms with Crippen molar-refractivity contribution in [2.24, 2.45) is 5.73 Å². The monoisotopic (exact) mass is 183 g/mol. The second-order valence-electron chi connectivity index (χ2n) is 2.69. The molecule has 0 aromatic rings. The Morgan fingerprint density at radius 1 is 1.67 bits per heavy atom. The third kappa shape index (κ3) is 2.71. The summed E-state index contributed by atoms with van der Waals surface area (Å²) in [5, 5.41) is 17.4. The molecule has 4 N–H and O–H groups in total. The third-order valence-corrected chi connectivity index (χ3v) is 1.59. The topological polar surface area (TPSA) is 83.5 Å². The first-order valence-electron chi connectivity index (χ1n) is 3.28. The lowest BCUT2D eigenvalue weighted by Gasteiger charge is -2.24. The molecule has 2 atom stereocenters. The normalized spacial score (nSPS) is 18.8. The maximum absolute atomic E-state index is 11.7. The number of aliphatic carboxylic acids is 1. The van der Waals surface area contributed by atoms with Crippen LogP contribution in [0.3, 0.4) is 0 Å². The van der Waals surface area contributed by atoms with Gasteiger partial charge in [0.05, 0.1) is 0 Å². The molecule has 0 aliphatic rings. The molecular weight excluding hydrogens is 172 g/mol. The first-order chi connectivity index (χ1) is 5.28. The van der Waals surface area contributed by atoms with Crippen LogP contribution in [0, 0.1) is 0 Å². The van der Waals surface area contributed by atoms with E-state index in [0.717, 1.165) is 6.92 Å². The van der Waals surface area contributed by atoms with E-state index in [9.17, 15) is 13.6 Å². The Kier molecular flexibility index (Phi) is 3.54. The van der Waals surface area contributed by atoms with Gasteiger partial charge in [-0.05, 0) is 6.92 Å². The van der Waals surface area contributed by atoms with E-state index in [4.69, 9.17) is 15.9 Å². The number of carbonyl (C=O) groups is 1. The highest BCUT2D eigenvalue weighted by Gasteiger charge is 2.38. The Balaban J connectivity index is 4.25. The van der Waals surface area contributed by atoms with Gasteiger partial charge < -0.3 is 15.9 Å². The molecule has 0 radical (unpaired) electrons. The van der Waals surface area contributed by atoms with Crippen LogP contribution < -0.4 is 5.73 Å². The summed E-state index contributed by atoms with van der Waals surface area (Å²) in [6.07, 6.45) is -3.55. The van der Waals surface area contributed by atoms with E-state index in [1.165, 1.54) is 0 Å². The average Bonchev–Trinajstić information content (AvgIpc) is 1.85. The molecule has 0 spiro atoms. The number of carboxylic acids is 1. The minimum atomic E-state index is -2.72. The van der Waals surface area contributed by atoms with Gasteiger partial charge in [-0.25, -0.2) is 13.6 Å². The summed E-state index contributed by atoms with van der Waals surface area (Å²) < 4.78 is 23.4. The fraction of sp³-hybridized carbons (Fsp3) is 0.833. The second-order valence-corrected chi connectivity index (χ2v) is 2.69. The first kappa shape index (κ1) is 11.2. The van der Waals surface area contributed by atoms with Crippen molar-refractivity contribution in [3.05, 3.63) is 0 Å². The lowest BCUT2D eigenvalue weighted by molar-refractivity contribution is -0.159. The van der Waals surface area contributed by atoms with E-state index in [1.54, 1.807) is 0 Å². The third-order valence-electron chi connectivity index (χ3n) is 1.59. The fourth-order valence-corrected chi connectivity index (χ4v) is 0.580. The molecule has 0 unspecified atom stereocenters. The number of hydrogen-bond donors (Lipinski definition) is 3. The van der Waals surface area contributed by atoms with Crippen LogP contribution in [0.25, 0.3) is 0 Å². The van der Waals surface area contributed by atoms with Crippen LogP contribution in [0.4, 0.5) is 8.78 Å². The zero-order valence-electron chi connectivity index (χ0n) is 6.50. The molecule has 0 aromatic carbocycles. The quantitative estimate of drug-likeness (QED) is 0.563. The van der Waals surface area contributed by atoms with Crippen LogP contribution in [-0.4, -0.2) is 34.3 Å². The highest BCUT2D eigenvalue weighted by Crippen LogP contribution is 2.14. The molecule has 0 heterocycles. The van der Waals surface area contributed by atoms with Gasteiger partial charge >= 0.3 is 5.97 Å². The van der Waals surface area contributed by atoms with E-state index in [1.807, 2.05) is 0 Å². The van der Waals surface area contributed by atoms with Gasteiger partial charge in [-0.1, -0.05) is 0 Å². The van der Waals surface area contributed by atoms with E-state index in [-0.39, 0.29) is 0 Å². The van der Waals surface area contributed by atoms with Crippen molar-refractivity contribution in [3.63, 3.8) is 0 Å². The molecule has 0 aliphatic carbocycles. The van der Waals surface area contributed by atoms with Gasteiger partial charge in [0.1, 0.15) is 0 Å². The van der Waals surface area contributed by atoms with E-state index < -0.39 is 30.5 Å². The van der Waals surface area contributed by atoms with Gasteiger partial charge in [0.15, 0.2) is 5.60 Å². The summed E-state index contributed by atoms with van der Waals surface area (Å²) >= 11 is 0. The summed E-state index contributed by atoms with van der Waals surface area (Å²) in [5.41, 5.74) is 2.75. The van der Waals surface area contributed by atoms with Crippen molar-refractivity contribution in [1.82, 2.24) is 0 Å². The van der Waals surface area contributed by atoms with Gasteiger partial charge in [0, 0.05) is 12.5 Å². The van der Waals surface area contributed by atoms with Crippen molar-refractivity contribution in [2.75, 3.05) is 0 Å². The van der Waals surface area contributed by atoms with Crippen LogP contribution in [0.15, 0.2) is 0 Å². The van der Waals surface area contributed by atoms with Crippen molar-refractivity contribution in [2.45, 2.75) is 31.4 Å². The molecule has 0 saturated heterocycles. The van der Waals surface area contributed by atoms with Crippen LogP contribution in [-0.2, 0) is 4.79 Å². The van der Waals surface area contributed by atoms with Gasteiger partial charge in [-0.15, -0.1) is 0 Å². The Labute approximate surface area is 68.0 Å². The molecule has 4 nitrogen and oxygen atoms in total. The lowest BCUT2D eigenvalue weighted by Crippen LogP contribution is -2.52. The number of aliphatic hydroxyl groups is 1. The van der Waals surface area contributed by atoms with Gasteiger partial charge in [-0.2, -0.15) is 0 Å². The lowest BCUT2D eigenvalue weighted by atomic mass is 9.95. The molecule has 0 bridgehead atoms. The van der Waals surface area contributed by atoms with Crippen molar-refractivity contribution in [1.29, 1.82) is 0 Å². The molecule has 0 aromatic heterocycles. The molecule has 0 aliphatic heterocycles. The second kappa shape index (κ2) is 3.77. The van der Waals surface area contributed by atoms with Gasteiger partial charge in [0.2, 0.25) is 6.43 Å². The SMILES string of the molecule is C[C@](O)(C(=O)O)[C@@H](N)CC(F)F. The summed E-state index contributed by atoms with van der Waals surface area (Å²) in [4.78, 5) is 10.3. The van der Waals surface area contributed by atoms with Gasteiger partial charge in [0.25, 0.3) is 0 Å². The van der Waals surface area contributed by atoms with E-state index in [2.05, 4.69) is 0 Å². The van der Waals surface area contributed by atoms with Crippen LogP contribution in [0.1, 0.15) is 13.3 Å². The molecule has 0 saturated carbocycles. The Morgan fingerprint density at radius 3 is 2.33 bits per heavy atom. The highest BCUT2D eigenvalue weighted by atomic mass is 19.3. The largest absolute Gasteiger partial charge is 0.479 e. The Morgan fingerprint density at radius 2 is 2.08 bits per heavy atom. The Bertz CT molecular complexity index is 172. The van der Waals surface area contributed by atoms with Crippen LogP contribution >= 0.6 is 0 Å². The minimum Gasteiger partial charge on any atom is -0.479 e. The molecule has 12 heavy (non-hydrogen) atoms. The van der Waals surface area contributed by atoms with Crippen molar-refractivity contribution in [3.8, 4) is 0 Å². The van der Waals surface area contributed by atoms with Gasteiger partial charge in [-0.3, -0.25) is 0 Å². The standard InChI is InChI=1S/C6H11F2NO3/c1-6(12,5(10)11)3(9)2-4(7)8/h3-4,12H,2,9H2,1H3,(H,10,11)/t3-,6+/m0/s1. The minimum absolute atomic E-state index is 0.834. The predicted octanol–water partition coefficient (Wildman–Crippen LogP) is -0.196. The van der Waals surface area contributed by atoms with Crippen molar-refractivity contribution < 1.29 is 23.8 Å². The molecule has 6 heteroatoms. The molecule has 0 rings (SSSR count). The number of carboxylic acid groups (broad SMARTS) is 1. The molecule has 0 fully saturated rings. The number of nitrogens with two attached hydrogens (primary N) is 1. The number of halogens is 2. The summed E-state index contributed by atoms with van der Waals surface area (Å²) in [6, 6.07) is -1.46. The number of hydrogen-bond acceptors (Lipinski definition) is 3. The Hall–Kier alpha value is -0.750. The maximum Gasteiger partial charge on any atom is 0.337 e. The maximum atomic E-state index is 11.7.